The average Bonchev–Trinajstić information content (AvgIpc) is 2.80. The molecule has 82 valence electrons. The molecule has 2 heterocycles. The molecule has 0 unspecified atom stereocenters. The molecule has 1 aliphatic carbocycles. The molecule has 0 aromatic carbocycles. The van der Waals surface area contributed by atoms with Gasteiger partial charge in [-0.15, -0.1) is 0 Å². The monoisotopic (exact) mass is 215 g/mol. The van der Waals surface area contributed by atoms with Gasteiger partial charge in [0.05, 0.1) is 11.3 Å². The number of nitrogens with zero attached hydrogens (tertiary/aromatic N) is 1. The predicted octanol–water partition coefficient (Wildman–Crippen LogP) is 1.68. The molecule has 4 heteroatoms. The summed E-state index contributed by atoms with van der Waals surface area (Å²) in [7, 11) is 0. The van der Waals surface area contributed by atoms with Crippen molar-refractivity contribution in [2.75, 3.05) is 0 Å². The minimum absolute atomic E-state index is 0.0866. The Morgan fingerprint density at radius 2 is 2.31 bits per heavy atom. The number of carbonyl (C=O) groups is 1. The van der Waals surface area contributed by atoms with Crippen molar-refractivity contribution in [3.63, 3.8) is 0 Å². The van der Waals surface area contributed by atoms with Crippen molar-refractivity contribution in [2.24, 2.45) is 11.0 Å². The molecule has 3 rings (SSSR count). The van der Waals surface area contributed by atoms with Crippen molar-refractivity contribution < 1.29 is 4.79 Å². The van der Waals surface area contributed by atoms with Crippen LogP contribution in [0.25, 0.3) is 6.08 Å². The molecular weight excluding hydrogens is 202 g/mol. The summed E-state index contributed by atoms with van der Waals surface area (Å²) in [5.41, 5.74) is 5.14. The molecule has 4 nitrogen and oxygen atoms in total. The fourth-order valence-electron chi connectivity index (χ4n) is 2.07. The van der Waals surface area contributed by atoms with Crippen LogP contribution in [-0.2, 0) is 4.79 Å². The van der Waals surface area contributed by atoms with Crippen LogP contribution in [0.5, 0.6) is 0 Å². The van der Waals surface area contributed by atoms with Gasteiger partial charge in [-0.05, 0) is 31.1 Å². The van der Waals surface area contributed by atoms with Gasteiger partial charge in [-0.2, -0.15) is 5.10 Å². The van der Waals surface area contributed by atoms with E-state index in [-0.39, 0.29) is 5.91 Å². The van der Waals surface area contributed by atoms with Crippen molar-refractivity contribution in [1.29, 1.82) is 0 Å². The van der Waals surface area contributed by atoms with E-state index < -0.39 is 0 Å². The third-order valence-electron chi connectivity index (χ3n) is 3.21. The Labute approximate surface area is 93.4 Å². The molecule has 0 atom stereocenters. The lowest BCUT2D eigenvalue weighted by atomic mass is 9.79. The summed E-state index contributed by atoms with van der Waals surface area (Å²) in [6, 6.07) is 3.86. The second-order valence-corrected chi connectivity index (χ2v) is 4.25. The quantitative estimate of drug-likeness (QED) is 0.724. The number of amides is 1. The summed E-state index contributed by atoms with van der Waals surface area (Å²) in [6.45, 7) is 0. The van der Waals surface area contributed by atoms with Gasteiger partial charge in [-0.3, -0.25) is 4.79 Å². The lowest BCUT2D eigenvalue weighted by Crippen LogP contribution is -2.23. The maximum atomic E-state index is 11.6. The van der Waals surface area contributed by atoms with Crippen LogP contribution >= 0.6 is 0 Å². The summed E-state index contributed by atoms with van der Waals surface area (Å²) >= 11 is 0. The highest BCUT2D eigenvalue weighted by Gasteiger charge is 2.32. The number of nitrogens with one attached hydrogen (secondary N) is 2. The van der Waals surface area contributed by atoms with Gasteiger partial charge in [-0.1, -0.05) is 6.42 Å². The zero-order valence-electron chi connectivity index (χ0n) is 8.86. The number of rotatable bonds is 2. The SMILES string of the molecule is O=C1NN=C(C2CCC2)/C1=C\c1ccc[nH]1. The number of hydrogen-bond donors (Lipinski definition) is 2. The van der Waals surface area contributed by atoms with E-state index in [9.17, 15) is 4.79 Å². The minimum Gasteiger partial charge on any atom is -0.362 e. The second kappa shape index (κ2) is 3.63. The molecule has 0 radical (unpaired) electrons. The molecule has 1 aliphatic heterocycles. The first-order valence-electron chi connectivity index (χ1n) is 5.58. The van der Waals surface area contributed by atoms with Crippen LogP contribution in [0.3, 0.4) is 0 Å². The third kappa shape index (κ3) is 1.46. The van der Waals surface area contributed by atoms with Crippen molar-refractivity contribution in [2.45, 2.75) is 19.3 Å². The van der Waals surface area contributed by atoms with Gasteiger partial charge in [0.1, 0.15) is 0 Å². The van der Waals surface area contributed by atoms with Crippen LogP contribution in [0, 0.1) is 5.92 Å². The number of hydrogen-bond acceptors (Lipinski definition) is 2. The normalized spacial score (nSPS) is 23.1. The molecular formula is C12H13N3O. The smallest absolute Gasteiger partial charge is 0.273 e. The number of aromatic nitrogens is 1. The first kappa shape index (κ1) is 9.39. The molecule has 1 saturated carbocycles. The van der Waals surface area contributed by atoms with E-state index >= 15 is 0 Å². The van der Waals surface area contributed by atoms with Crippen LogP contribution < -0.4 is 5.43 Å². The third-order valence-corrected chi connectivity index (χ3v) is 3.21. The van der Waals surface area contributed by atoms with E-state index in [2.05, 4.69) is 15.5 Å². The van der Waals surface area contributed by atoms with Crippen molar-refractivity contribution in [3.8, 4) is 0 Å². The van der Waals surface area contributed by atoms with E-state index in [4.69, 9.17) is 0 Å². The van der Waals surface area contributed by atoms with Crippen LogP contribution in [-0.4, -0.2) is 16.6 Å². The van der Waals surface area contributed by atoms with Gasteiger partial charge >= 0.3 is 0 Å². The lowest BCUT2D eigenvalue weighted by Gasteiger charge is -2.24. The largest absolute Gasteiger partial charge is 0.362 e. The molecule has 0 spiro atoms. The molecule has 0 saturated heterocycles. The Morgan fingerprint density at radius 1 is 1.44 bits per heavy atom. The van der Waals surface area contributed by atoms with Gasteiger partial charge in [-0.25, -0.2) is 5.43 Å². The van der Waals surface area contributed by atoms with Gasteiger partial charge in [0, 0.05) is 17.8 Å². The highest BCUT2D eigenvalue weighted by molar-refractivity contribution is 6.28. The zero-order chi connectivity index (χ0) is 11.0. The van der Waals surface area contributed by atoms with E-state index in [1.54, 1.807) is 0 Å². The molecule has 0 bridgehead atoms. The molecule has 2 aliphatic rings. The Hall–Kier alpha value is -1.84. The summed E-state index contributed by atoms with van der Waals surface area (Å²) in [6.07, 6.45) is 7.26. The summed E-state index contributed by atoms with van der Waals surface area (Å²) in [5, 5.41) is 4.14. The maximum absolute atomic E-state index is 11.6. The molecule has 2 N–H and O–H groups in total. The van der Waals surface area contributed by atoms with Crippen molar-refractivity contribution in [1.82, 2.24) is 10.4 Å². The van der Waals surface area contributed by atoms with Gasteiger partial charge in [0.2, 0.25) is 0 Å². The first-order chi connectivity index (χ1) is 7.84. The van der Waals surface area contributed by atoms with Crippen LogP contribution in [0.4, 0.5) is 0 Å². The number of aromatic amines is 1. The fraction of sp³-hybridized carbons (Fsp3) is 0.333. The molecule has 1 amide bonds. The van der Waals surface area contributed by atoms with Crippen LogP contribution in [0.15, 0.2) is 29.0 Å². The number of hydrazone groups is 1. The topological polar surface area (TPSA) is 57.2 Å². The van der Waals surface area contributed by atoms with Gasteiger partial charge < -0.3 is 4.98 Å². The Morgan fingerprint density at radius 3 is 2.94 bits per heavy atom. The van der Waals surface area contributed by atoms with E-state index in [1.807, 2.05) is 24.4 Å². The highest BCUT2D eigenvalue weighted by Crippen LogP contribution is 2.32. The summed E-state index contributed by atoms with van der Waals surface area (Å²) in [5.74, 6) is 0.386. The lowest BCUT2D eigenvalue weighted by molar-refractivity contribution is -0.116. The van der Waals surface area contributed by atoms with Gasteiger partial charge in [0.25, 0.3) is 5.91 Å². The van der Waals surface area contributed by atoms with Crippen molar-refractivity contribution in [3.05, 3.63) is 29.6 Å². The molecule has 1 fully saturated rings. The minimum atomic E-state index is -0.0866. The predicted molar refractivity (Wildman–Crippen MR) is 61.7 cm³/mol. The maximum Gasteiger partial charge on any atom is 0.273 e. The Bertz CT molecular complexity index is 466. The summed E-state index contributed by atoms with van der Waals surface area (Å²) < 4.78 is 0. The van der Waals surface area contributed by atoms with E-state index in [0.717, 1.165) is 24.2 Å². The molecule has 1 aromatic heterocycles. The average molecular weight is 215 g/mol. The zero-order valence-corrected chi connectivity index (χ0v) is 8.86. The number of H-pyrrole nitrogens is 1. The van der Waals surface area contributed by atoms with Gasteiger partial charge in [0.15, 0.2) is 0 Å². The summed E-state index contributed by atoms with van der Waals surface area (Å²) in [4.78, 5) is 14.7. The van der Waals surface area contributed by atoms with Crippen molar-refractivity contribution >= 4 is 17.7 Å². The highest BCUT2D eigenvalue weighted by atomic mass is 16.2. The van der Waals surface area contributed by atoms with E-state index in [0.29, 0.717) is 11.5 Å². The number of carbonyl (C=O) groups excluding carboxylic acids is 1. The standard InChI is InChI=1S/C12H13N3O/c16-12-10(7-9-5-2-6-13-9)11(14-15-12)8-3-1-4-8/h2,5-8,13H,1,3-4H2,(H,15,16)/b10-7+. The molecule has 16 heavy (non-hydrogen) atoms. The fourth-order valence-corrected chi connectivity index (χ4v) is 2.07. The second-order valence-electron chi connectivity index (χ2n) is 4.25. The van der Waals surface area contributed by atoms with Crippen LogP contribution in [0.2, 0.25) is 0 Å². The van der Waals surface area contributed by atoms with E-state index in [1.165, 1.54) is 6.42 Å². The first-order valence-corrected chi connectivity index (χ1v) is 5.58. The molecule has 1 aromatic rings. The Balaban J connectivity index is 1.91. The van der Waals surface area contributed by atoms with Crippen LogP contribution in [0.1, 0.15) is 25.0 Å². The Kier molecular flexibility index (Phi) is 2.13.